The third-order valence-electron chi connectivity index (χ3n) is 3.49. The Kier molecular flexibility index (Phi) is 4.12. The summed E-state index contributed by atoms with van der Waals surface area (Å²) in [5, 5.41) is 23.5. The topological polar surface area (TPSA) is 113 Å². The predicted molar refractivity (Wildman–Crippen MR) is 90.2 cm³/mol. The quantitative estimate of drug-likeness (QED) is 0.378. The number of urea groups is 1. The van der Waals surface area contributed by atoms with Crippen LogP contribution in [0.2, 0.25) is 5.02 Å². The van der Waals surface area contributed by atoms with Crippen LogP contribution in [0.5, 0.6) is 5.75 Å². The number of carbonyl (C=O) groups excluding carboxylic acids is 2. The summed E-state index contributed by atoms with van der Waals surface area (Å²) in [7, 11) is 0. The standard InChI is InChI=1S/C16H10ClN3O5/c17-10-4-2-5-11(8-10)19-15(22)12(18-16(19)23)7-9-3-1-6-13(14(9)21)20(24)25/h1-8,21H,(H,18,23)/b12-7+. The van der Waals surface area contributed by atoms with E-state index in [-0.39, 0.29) is 16.9 Å². The monoisotopic (exact) mass is 359 g/mol. The minimum Gasteiger partial charge on any atom is -0.502 e. The zero-order chi connectivity index (χ0) is 18.1. The predicted octanol–water partition coefficient (Wildman–Crippen LogP) is 3.05. The van der Waals surface area contributed by atoms with Gasteiger partial charge in [-0.15, -0.1) is 0 Å². The third kappa shape index (κ3) is 3.02. The van der Waals surface area contributed by atoms with Crippen molar-refractivity contribution in [1.29, 1.82) is 0 Å². The number of hydrogen-bond donors (Lipinski definition) is 2. The first kappa shape index (κ1) is 16.5. The molecule has 0 spiro atoms. The second kappa shape index (κ2) is 6.25. The number of benzene rings is 2. The molecule has 25 heavy (non-hydrogen) atoms. The van der Waals surface area contributed by atoms with E-state index in [1.54, 1.807) is 12.1 Å². The van der Waals surface area contributed by atoms with E-state index in [0.29, 0.717) is 5.02 Å². The van der Waals surface area contributed by atoms with Crippen LogP contribution in [0, 0.1) is 10.1 Å². The molecule has 2 aromatic rings. The zero-order valence-corrected chi connectivity index (χ0v) is 13.2. The molecule has 1 aliphatic rings. The summed E-state index contributed by atoms with van der Waals surface area (Å²) in [6.45, 7) is 0. The van der Waals surface area contributed by atoms with E-state index in [1.807, 2.05) is 0 Å². The molecule has 1 heterocycles. The number of hydrogen-bond acceptors (Lipinski definition) is 5. The van der Waals surface area contributed by atoms with E-state index in [2.05, 4.69) is 5.32 Å². The Hall–Kier alpha value is -3.39. The number of nitro benzene ring substituents is 1. The Morgan fingerprint density at radius 3 is 2.60 bits per heavy atom. The Morgan fingerprint density at radius 1 is 1.20 bits per heavy atom. The number of rotatable bonds is 3. The molecule has 2 aromatic carbocycles. The van der Waals surface area contributed by atoms with Gasteiger partial charge in [0, 0.05) is 16.7 Å². The van der Waals surface area contributed by atoms with E-state index in [9.17, 15) is 24.8 Å². The number of nitro groups is 1. The summed E-state index contributed by atoms with van der Waals surface area (Å²) in [5.41, 5.74) is -0.314. The molecule has 1 fully saturated rings. The second-order valence-electron chi connectivity index (χ2n) is 5.08. The lowest BCUT2D eigenvalue weighted by Gasteiger charge is -2.11. The molecule has 0 aliphatic carbocycles. The van der Waals surface area contributed by atoms with Crippen molar-refractivity contribution in [3.05, 3.63) is 68.9 Å². The van der Waals surface area contributed by atoms with Crippen molar-refractivity contribution in [2.45, 2.75) is 0 Å². The number of imide groups is 1. The van der Waals surface area contributed by atoms with Crippen molar-refractivity contribution >= 4 is 41.0 Å². The molecule has 1 aliphatic heterocycles. The summed E-state index contributed by atoms with van der Waals surface area (Å²) in [4.78, 5) is 35.6. The van der Waals surface area contributed by atoms with Gasteiger partial charge in [0.05, 0.1) is 10.6 Å². The number of amides is 3. The Bertz CT molecular complexity index is 941. The van der Waals surface area contributed by atoms with Crippen LogP contribution in [0.4, 0.5) is 16.2 Å². The molecule has 0 bridgehead atoms. The van der Waals surface area contributed by atoms with Gasteiger partial charge in [0.25, 0.3) is 5.91 Å². The minimum absolute atomic E-state index is 0.0331. The van der Waals surface area contributed by atoms with E-state index < -0.39 is 28.3 Å². The van der Waals surface area contributed by atoms with E-state index >= 15 is 0 Å². The van der Waals surface area contributed by atoms with Crippen LogP contribution in [0.3, 0.4) is 0 Å². The second-order valence-corrected chi connectivity index (χ2v) is 5.52. The highest BCUT2D eigenvalue weighted by Crippen LogP contribution is 2.32. The molecule has 8 nitrogen and oxygen atoms in total. The first-order valence-corrected chi connectivity index (χ1v) is 7.35. The Balaban J connectivity index is 1.99. The van der Waals surface area contributed by atoms with Crippen molar-refractivity contribution in [3.8, 4) is 5.75 Å². The van der Waals surface area contributed by atoms with Gasteiger partial charge in [-0.2, -0.15) is 0 Å². The lowest BCUT2D eigenvalue weighted by atomic mass is 10.1. The lowest BCUT2D eigenvalue weighted by molar-refractivity contribution is -0.385. The molecule has 3 amide bonds. The van der Waals surface area contributed by atoms with Crippen LogP contribution >= 0.6 is 11.6 Å². The highest BCUT2D eigenvalue weighted by molar-refractivity contribution is 6.32. The molecule has 2 N–H and O–H groups in total. The fourth-order valence-corrected chi connectivity index (χ4v) is 2.54. The summed E-state index contributed by atoms with van der Waals surface area (Å²) >= 11 is 5.87. The summed E-state index contributed by atoms with van der Waals surface area (Å²) in [5.74, 6) is -1.26. The highest BCUT2D eigenvalue weighted by atomic mass is 35.5. The SMILES string of the molecule is O=C1N/C(=C/c2cccc([N+](=O)[O-])c2O)C(=O)N1c1cccc(Cl)c1. The molecule has 1 saturated heterocycles. The molecule has 0 unspecified atom stereocenters. The fraction of sp³-hybridized carbons (Fsp3) is 0. The molecule has 0 atom stereocenters. The number of anilines is 1. The molecule has 0 saturated carbocycles. The van der Waals surface area contributed by atoms with Crippen LogP contribution in [0.1, 0.15) is 5.56 Å². The van der Waals surface area contributed by atoms with E-state index in [1.165, 1.54) is 30.3 Å². The first-order chi connectivity index (χ1) is 11.9. The fourth-order valence-electron chi connectivity index (χ4n) is 2.35. The van der Waals surface area contributed by atoms with Crippen molar-refractivity contribution < 1.29 is 19.6 Å². The summed E-state index contributed by atoms with van der Waals surface area (Å²) in [6, 6.07) is 9.36. The van der Waals surface area contributed by atoms with Gasteiger partial charge >= 0.3 is 11.7 Å². The number of halogens is 1. The maximum atomic E-state index is 12.5. The molecule has 0 aromatic heterocycles. The average molecular weight is 360 g/mol. The highest BCUT2D eigenvalue weighted by Gasteiger charge is 2.35. The molecule has 3 rings (SSSR count). The molecular formula is C16H10ClN3O5. The largest absolute Gasteiger partial charge is 0.502 e. The first-order valence-electron chi connectivity index (χ1n) is 6.97. The number of para-hydroxylation sites is 1. The van der Waals surface area contributed by atoms with Gasteiger partial charge in [-0.05, 0) is 24.3 Å². The number of nitrogens with zero attached hydrogens (tertiary/aromatic N) is 2. The Morgan fingerprint density at radius 2 is 1.92 bits per heavy atom. The van der Waals surface area contributed by atoms with Crippen molar-refractivity contribution in [2.75, 3.05) is 4.90 Å². The molecular weight excluding hydrogens is 350 g/mol. The van der Waals surface area contributed by atoms with Gasteiger partial charge in [-0.1, -0.05) is 29.8 Å². The lowest BCUT2D eigenvalue weighted by Crippen LogP contribution is -2.30. The molecule has 126 valence electrons. The van der Waals surface area contributed by atoms with Crippen molar-refractivity contribution in [3.63, 3.8) is 0 Å². The summed E-state index contributed by atoms with van der Waals surface area (Å²) in [6.07, 6.45) is 1.17. The van der Waals surface area contributed by atoms with Crippen molar-refractivity contribution in [2.24, 2.45) is 0 Å². The van der Waals surface area contributed by atoms with Crippen LogP contribution in [0.15, 0.2) is 48.2 Å². The number of aromatic hydroxyl groups is 1. The number of carbonyl (C=O) groups is 2. The maximum absolute atomic E-state index is 12.5. The van der Waals surface area contributed by atoms with Gasteiger partial charge in [-0.25, -0.2) is 9.69 Å². The van der Waals surface area contributed by atoms with Gasteiger partial charge in [-0.3, -0.25) is 14.9 Å². The van der Waals surface area contributed by atoms with Crippen LogP contribution in [-0.2, 0) is 4.79 Å². The van der Waals surface area contributed by atoms with Gasteiger partial charge in [0.15, 0.2) is 0 Å². The molecule has 9 heteroatoms. The van der Waals surface area contributed by atoms with E-state index in [0.717, 1.165) is 11.0 Å². The van der Waals surface area contributed by atoms with Crippen molar-refractivity contribution in [1.82, 2.24) is 5.32 Å². The van der Waals surface area contributed by atoms with E-state index in [4.69, 9.17) is 11.6 Å². The average Bonchev–Trinajstić information content (AvgIpc) is 2.83. The number of nitrogens with one attached hydrogen (secondary N) is 1. The number of phenols is 1. The van der Waals surface area contributed by atoms with Crippen LogP contribution in [-0.4, -0.2) is 22.0 Å². The summed E-state index contributed by atoms with van der Waals surface area (Å²) < 4.78 is 0. The maximum Gasteiger partial charge on any atom is 0.333 e. The number of phenolic OH excluding ortho intramolecular Hbond substituents is 1. The minimum atomic E-state index is -0.745. The third-order valence-corrected chi connectivity index (χ3v) is 3.72. The van der Waals surface area contributed by atoms with Crippen LogP contribution < -0.4 is 10.2 Å². The van der Waals surface area contributed by atoms with Gasteiger partial charge in [0.2, 0.25) is 5.75 Å². The van der Waals surface area contributed by atoms with Gasteiger partial charge < -0.3 is 10.4 Å². The van der Waals surface area contributed by atoms with Crippen LogP contribution in [0.25, 0.3) is 6.08 Å². The Labute approximate surface area is 146 Å². The smallest absolute Gasteiger partial charge is 0.333 e. The normalized spacial score (nSPS) is 15.6. The molecule has 0 radical (unpaired) electrons. The zero-order valence-electron chi connectivity index (χ0n) is 12.5. The van der Waals surface area contributed by atoms with Gasteiger partial charge in [0.1, 0.15) is 5.70 Å².